The SMILES string of the molecule is C#Cc1ccc(C(O)C(O)CC(N)=O)cc1. The topological polar surface area (TPSA) is 83.6 Å². The second-order valence-electron chi connectivity index (χ2n) is 3.45. The fourth-order valence-corrected chi connectivity index (χ4v) is 1.32. The van der Waals surface area contributed by atoms with Crippen LogP contribution in [0, 0.1) is 12.3 Å². The van der Waals surface area contributed by atoms with Gasteiger partial charge in [-0.25, -0.2) is 0 Å². The van der Waals surface area contributed by atoms with E-state index in [1.54, 1.807) is 24.3 Å². The van der Waals surface area contributed by atoms with Crippen molar-refractivity contribution in [2.24, 2.45) is 5.73 Å². The van der Waals surface area contributed by atoms with Crippen molar-refractivity contribution in [3.8, 4) is 12.3 Å². The normalized spacial score (nSPS) is 13.8. The van der Waals surface area contributed by atoms with E-state index in [2.05, 4.69) is 5.92 Å². The van der Waals surface area contributed by atoms with Gasteiger partial charge in [0.2, 0.25) is 5.91 Å². The van der Waals surface area contributed by atoms with Crippen LogP contribution >= 0.6 is 0 Å². The minimum absolute atomic E-state index is 0.280. The van der Waals surface area contributed by atoms with Gasteiger partial charge in [-0.2, -0.15) is 0 Å². The first-order chi connectivity index (χ1) is 7.54. The summed E-state index contributed by atoms with van der Waals surface area (Å²) in [6.07, 6.45) is 2.56. The van der Waals surface area contributed by atoms with Crippen molar-refractivity contribution in [1.29, 1.82) is 0 Å². The summed E-state index contributed by atoms with van der Waals surface area (Å²) >= 11 is 0. The molecule has 4 N–H and O–H groups in total. The van der Waals surface area contributed by atoms with E-state index in [1.165, 1.54) is 0 Å². The molecule has 0 fully saturated rings. The Kier molecular flexibility index (Phi) is 4.06. The number of amides is 1. The Morgan fingerprint density at radius 3 is 2.38 bits per heavy atom. The maximum Gasteiger partial charge on any atom is 0.220 e. The summed E-state index contributed by atoms with van der Waals surface area (Å²) in [4.78, 5) is 10.6. The van der Waals surface area contributed by atoms with Crippen LogP contribution in [0.5, 0.6) is 0 Å². The highest BCUT2D eigenvalue weighted by Gasteiger charge is 2.19. The van der Waals surface area contributed by atoms with Crippen molar-refractivity contribution in [3.63, 3.8) is 0 Å². The molecule has 0 aliphatic heterocycles. The molecule has 0 bridgehead atoms. The van der Waals surface area contributed by atoms with Crippen molar-refractivity contribution >= 4 is 5.91 Å². The zero-order chi connectivity index (χ0) is 12.1. The quantitative estimate of drug-likeness (QED) is 0.620. The van der Waals surface area contributed by atoms with E-state index in [0.717, 1.165) is 0 Å². The molecule has 1 rings (SSSR count). The van der Waals surface area contributed by atoms with E-state index in [9.17, 15) is 15.0 Å². The van der Waals surface area contributed by atoms with Crippen molar-refractivity contribution in [3.05, 3.63) is 35.4 Å². The molecule has 16 heavy (non-hydrogen) atoms. The number of terminal acetylenes is 1. The number of carbonyl (C=O) groups excluding carboxylic acids is 1. The number of benzene rings is 1. The standard InChI is InChI=1S/C12H13NO3/c1-2-8-3-5-9(6-4-8)12(16)10(14)7-11(13)15/h1,3-6,10,12,14,16H,7H2,(H2,13,15). The minimum atomic E-state index is -1.20. The molecule has 0 aliphatic carbocycles. The van der Waals surface area contributed by atoms with Gasteiger partial charge in [-0.15, -0.1) is 6.42 Å². The van der Waals surface area contributed by atoms with Crippen LogP contribution in [0.25, 0.3) is 0 Å². The summed E-state index contributed by atoms with van der Waals surface area (Å²) in [5, 5.41) is 19.2. The number of rotatable bonds is 4. The molecule has 0 saturated heterocycles. The van der Waals surface area contributed by atoms with Gasteiger partial charge in [0.1, 0.15) is 6.10 Å². The number of nitrogens with two attached hydrogens (primary N) is 1. The van der Waals surface area contributed by atoms with Crippen LogP contribution in [-0.4, -0.2) is 22.2 Å². The van der Waals surface area contributed by atoms with Gasteiger partial charge >= 0.3 is 0 Å². The highest BCUT2D eigenvalue weighted by Crippen LogP contribution is 2.19. The molecule has 1 aromatic carbocycles. The Morgan fingerprint density at radius 2 is 1.94 bits per heavy atom. The van der Waals surface area contributed by atoms with Gasteiger partial charge in [0.25, 0.3) is 0 Å². The third-order valence-corrected chi connectivity index (χ3v) is 2.19. The highest BCUT2D eigenvalue weighted by atomic mass is 16.3. The van der Waals surface area contributed by atoms with Crippen molar-refractivity contribution < 1.29 is 15.0 Å². The first-order valence-electron chi connectivity index (χ1n) is 4.75. The van der Waals surface area contributed by atoms with Gasteiger partial charge < -0.3 is 15.9 Å². The molecule has 0 spiro atoms. The molecule has 84 valence electrons. The highest BCUT2D eigenvalue weighted by molar-refractivity contribution is 5.74. The van der Waals surface area contributed by atoms with Crippen LogP contribution < -0.4 is 5.73 Å². The Hall–Kier alpha value is -1.83. The molecule has 0 aromatic heterocycles. The van der Waals surface area contributed by atoms with E-state index in [4.69, 9.17) is 12.2 Å². The number of aliphatic hydroxyl groups is 2. The lowest BCUT2D eigenvalue weighted by Crippen LogP contribution is -2.25. The molecule has 4 heteroatoms. The number of hydrogen-bond acceptors (Lipinski definition) is 3. The summed E-state index contributed by atoms with van der Waals surface area (Å²) < 4.78 is 0. The summed E-state index contributed by atoms with van der Waals surface area (Å²) in [7, 11) is 0. The molecule has 0 aliphatic rings. The van der Waals surface area contributed by atoms with Gasteiger partial charge in [-0.3, -0.25) is 4.79 Å². The summed E-state index contributed by atoms with van der Waals surface area (Å²) in [6, 6.07) is 6.50. The Balaban J connectivity index is 2.76. The van der Waals surface area contributed by atoms with Crippen LogP contribution in [0.2, 0.25) is 0 Å². The second-order valence-corrected chi connectivity index (χ2v) is 3.45. The Labute approximate surface area is 93.7 Å². The van der Waals surface area contributed by atoms with E-state index in [-0.39, 0.29) is 6.42 Å². The van der Waals surface area contributed by atoms with Crippen LogP contribution in [0.1, 0.15) is 23.7 Å². The largest absolute Gasteiger partial charge is 0.390 e. The molecule has 0 heterocycles. The minimum Gasteiger partial charge on any atom is -0.390 e. The Bertz CT molecular complexity index is 405. The maximum absolute atomic E-state index is 10.6. The van der Waals surface area contributed by atoms with E-state index in [0.29, 0.717) is 11.1 Å². The summed E-state index contributed by atoms with van der Waals surface area (Å²) in [5.74, 6) is 1.78. The zero-order valence-corrected chi connectivity index (χ0v) is 8.63. The van der Waals surface area contributed by atoms with Crippen molar-refractivity contribution in [1.82, 2.24) is 0 Å². The van der Waals surface area contributed by atoms with Crippen molar-refractivity contribution in [2.45, 2.75) is 18.6 Å². The third kappa shape index (κ3) is 3.09. The van der Waals surface area contributed by atoms with Crippen LogP contribution in [0.15, 0.2) is 24.3 Å². The van der Waals surface area contributed by atoms with E-state index >= 15 is 0 Å². The first kappa shape index (κ1) is 12.2. The summed E-state index contributed by atoms with van der Waals surface area (Å²) in [5.41, 5.74) is 6.09. The van der Waals surface area contributed by atoms with Crippen molar-refractivity contribution in [2.75, 3.05) is 0 Å². The number of hydrogen-bond donors (Lipinski definition) is 3. The molecule has 1 amide bonds. The number of aliphatic hydroxyl groups excluding tert-OH is 2. The average molecular weight is 219 g/mol. The van der Waals surface area contributed by atoms with Gasteiger partial charge in [-0.05, 0) is 17.7 Å². The average Bonchev–Trinajstić information content (AvgIpc) is 2.27. The van der Waals surface area contributed by atoms with Crippen LogP contribution in [-0.2, 0) is 4.79 Å². The van der Waals surface area contributed by atoms with Gasteiger partial charge in [-0.1, -0.05) is 18.1 Å². The number of primary amides is 1. The molecule has 0 radical (unpaired) electrons. The molecular weight excluding hydrogens is 206 g/mol. The van der Waals surface area contributed by atoms with Gasteiger partial charge in [0, 0.05) is 5.56 Å². The monoisotopic (exact) mass is 219 g/mol. The lowest BCUT2D eigenvalue weighted by atomic mass is 10.0. The van der Waals surface area contributed by atoms with Crippen LogP contribution in [0.3, 0.4) is 0 Å². The van der Waals surface area contributed by atoms with Crippen LogP contribution in [0.4, 0.5) is 0 Å². The number of carbonyl (C=O) groups is 1. The first-order valence-corrected chi connectivity index (χ1v) is 4.75. The summed E-state index contributed by atoms with van der Waals surface area (Å²) in [6.45, 7) is 0. The lowest BCUT2D eigenvalue weighted by Gasteiger charge is -2.16. The van der Waals surface area contributed by atoms with E-state index in [1.807, 2.05) is 0 Å². The fraction of sp³-hybridized carbons (Fsp3) is 0.250. The predicted octanol–water partition coefficient (Wildman–Crippen LogP) is -0.0624. The molecule has 4 nitrogen and oxygen atoms in total. The molecule has 2 atom stereocenters. The fourth-order valence-electron chi connectivity index (χ4n) is 1.32. The predicted molar refractivity (Wildman–Crippen MR) is 59.2 cm³/mol. The molecular formula is C12H13NO3. The van der Waals surface area contributed by atoms with Gasteiger partial charge in [0.05, 0.1) is 12.5 Å². The van der Waals surface area contributed by atoms with E-state index < -0.39 is 18.1 Å². The lowest BCUT2D eigenvalue weighted by molar-refractivity contribution is -0.121. The van der Waals surface area contributed by atoms with Gasteiger partial charge in [0.15, 0.2) is 0 Å². The molecule has 0 saturated carbocycles. The maximum atomic E-state index is 10.6. The Morgan fingerprint density at radius 1 is 1.38 bits per heavy atom. The second kappa shape index (κ2) is 5.31. The molecule has 2 unspecified atom stereocenters. The zero-order valence-electron chi connectivity index (χ0n) is 8.63. The smallest absolute Gasteiger partial charge is 0.220 e. The third-order valence-electron chi connectivity index (χ3n) is 2.19. The molecule has 1 aromatic rings.